The lowest BCUT2D eigenvalue weighted by atomic mass is 10.1. The van der Waals surface area contributed by atoms with Crippen LogP contribution in [0.5, 0.6) is 0 Å². The van der Waals surface area contributed by atoms with E-state index in [1.807, 2.05) is 24.3 Å². The SMILES string of the molecule is COCc1cccc(C(=O)OCCc2cccnc2)c1. The van der Waals surface area contributed by atoms with Crippen LogP contribution in [0.25, 0.3) is 0 Å². The number of esters is 1. The van der Waals surface area contributed by atoms with E-state index in [-0.39, 0.29) is 5.97 Å². The molecule has 2 aromatic rings. The molecule has 1 aromatic heterocycles. The van der Waals surface area contributed by atoms with Crippen LogP contribution in [0.15, 0.2) is 48.8 Å². The summed E-state index contributed by atoms with van der Waals surface area (Å²) >= 11 is 0. The van der Waals surface area contributed by atoms with E-state index >= 15 is 0 Å². The van der Waals surface area contributed by atoms with Crippen LogP contribution in [0.3, 0.4) is 0 Å². The minimum atomic E-state index is -0.313. The number of carbonyl (C=O) groups excluding carboxylic acids is 1. The van der Waals surface area contributed by atoms with Crippen molar-refractivity contribution in [3.8, 4) is 0 Å². The van der Waals surface area contributed by atoms with Crippen molar-refractivity contribution in [2.24, 2.45) is 0 Å². The van der Waals surface area contributed by atoms with Crippen molar-refractivity contribution in [3.05, 3.63) is 65.5 Å². The standard InChI is InChI=1S/C16H17NO3/c1-19-12-14-4-2-6-15(10-14)16(18)20-9-7-13-5-3-8-17-11-13/h2-6,8,10-11H,7,9,12H2,1H3. The molecule has 4 heteroatoms. The van der Waals surface area contributed by atoms with Crippen molar-refractivity contribution in [2.75, 3.05) is 13.7 Å². The zero-order chi connectivity index (χ0) is 14.2. The lowest BCUT2D eigenvalue weighted by molar-refractivity contribution is 0.0509. The summed E-state index contributed by atoms with van der Waals surface area (Å²) in [5, 5.41) is 0. The van der Waals surface area contributed by atoms with Crippen molar-refractivity contribution >= 4 is 5.97 Å². The van der Waals surface area contributed by atoms with Gasteiger partial charge in [0.15, 0.2) is 0 Å². The van der Waals surface area contributed by atoms with Crippen LogP contribution < -0.4 is 0 Å². The van der Waals surface area contributed by atoms with Crippen LogP contribution in [0.1, 0.15) is 21.5 Å². The van der Waals surface area contributed by atoms with Crippen molar-refractivity contribution < 1.29 is 14.3 Å². The molecule has 0 atom stereocenters. The molecule has 0 saturated heterocycles. The molecular formula is C16H17NO3. The number of aromatic nitrogens is 1. The quantitative estimate of drug-likeness (QED) is 0.758. The number of nitrogens with zero attached hydrogens (tertiary/aromatic N) is 1. The Morgan fingerprint density at radius 2 is 2.05 bits per heavy atom. The largest absolute Gasteiger partial charge is 0.462 e. The van der Waals surface area contributed by atoms with E-state index in [0.717, 1.165) is 11.1 Å². The van der Waals surface area contributed by atoms with Gasteiger partial charge >= 0.3 is 5.97 Å². The van der Waals surface area contributed by atoms with E-state index in [4.69, 9.17) is 9.47 Å². The fraction of sp³-hybridized carbons (Fsp3) is 0.250. The van der Waals surface area contributed by atoms with Crippen LogP contribution in [0, 0.1) is 0 Å². The maximum Gasteiger partial charge on any atom is 0.338 e. The number of ether oxygens (including phenoxy) is 2. The third-order valence-electron chi connectivity index (χ3n) is 2.82. The molecule has 0 aliphatic rings. The van der Waals surface area contributed by atoms with E-state index in [2.05, 4.69) is 4.98 Å². The molecule has 20 heavy (non-hydrogen) atoms. The second kappa shape index (κ2) is 7.40. The van der Waals surface area contributed by atoms with Crippen LogP contribution in [0.2, 0.25) is 0 Å². The summed E-state index contributed by atoms with van der Waals surface area (Å²) in [6.07, 6.45) is 4.15. The van der Waals surface area contributed by atoms with Crippen molar-refractivity contribution in [2.45, 2.75) is 13.0 Å². The predicted octanol–water partition coefficient (Wildman–Crippen LogP) is 2.63. The Morgan fingerprint density at radius 1 is 1.20 bits per heavy atom. The van der Waals surface area contributed by atoms with Gasteiger partial charge in [0.1, 0.15) is 0 Å². The van der Waals surface area contributed by atoms with E-state index in [9.17, 15) is 4.79 Å². The number of pyridine rings is 1. The molecule has 104 valence electrons. The summed E-state index contributed by atoms with van der Waals surface area (Å²) in [5.74, 6) is -0.313. The summed E-state index contributed by atoms with van der Waals surface area (Å²) in [5.41, 5.74) is 2.55. The summed E-state index contributed by atoms with van der Waals surface area (Å²) in [6, 6.07) is 11.1. The minimum absolute atomic E-state index is 0.313. The lowest BCUT2D eigenvalue weighted by Crippen LogP contribution is -2.08. The van der Waals surface area contributed by atoms with Gasteiger partial charge in [0.25, 0.3) is 0 Å². The van der Waals surface area contributed by atoms with Gasteiger partial charge in [-0.2, -0.15) is 0 Å². The lowest BCUT2D eigenvalue weighted by Gasteiger charge is -2.06. The van der Waals surface area contributed by atoms with Gasteiger partial charge in [-0.05, 0) is 29.3 Å². The molecule has 0 fully saturated rings. The molecule has 0 bridgehead atoms. The van der Waals surface area contributed by atoms with Crippen LogP contribution in [-0.2, 0) is 22.5 Å². The number of hydrogen-bond donors (Lipinski definition) is 0. The fourth-order valence-electron chi connectivity index (χ4n) is 1.85. The fourth-order valence-corrected chi connectivity index (χ4v) is 1.85. The molecule has 0 aliphatic heterocycles. The zero-order valence-corrected chi connectivity index (χ0v) is 11.4. The highest BCUT2D eigenvalue weighted by atomic mass is 16.5. The highest BCUT2D eigenvalue weighted by Gasteiger charge is 2.07. The molecule has 0 amide bonds. The highest BCUT2D eigenvalue weighted by Crippen LogP contribution is 2.08. The van der Waals surface area contributed by atoms with Gasteiger partial charge < -0.3 is 9.47 Å². The van der Waals surface area contributed by atoms with Gasteiger partial charge in [-0.3, -0.25) is 4.98 Å². The van der Waals surface area contributed by atoms with Gasteiger partial charge in [0, 0.05) is 25.9 Å². The molecule has 0 unspecified atom stereocenters. The van der Waals surface area contributed by atoms with Gasteiger partial charge in [0.2, 0.25) is 0 Å². The second-order valence-electron chi connectivity index (χ2n) is 4.38. The van der Waals surface area contributed by atoms with Crippen LogP contribution in [0.4, 0.5) is 0 Å². The van der Waals surface area contributed by atoms with E-state index < -0.39 is 0 Å². The van der Waals surface area contributed by atoms with Crippen molar-refractivity contribution in [3.63, 3.8) is 0 Å². The summed E-state index contributed by atoms with van der Waals surface area (Å²) < 4.78 is 10.3. The molecule has 4 nitrogen and oxygen atoms in total. The Balaban J connectivity index is 1.87. The Labute approximate surface area is 118 Å². The molecule has 0 saturated carbocycles. The minimum Gasteiger partial charge on any atom is -0.462 e. The molecule has 0 spiro atoms. The zero-order valence-electron chi connectivity index (χ0n) is 11.4. The average Bonchev–Trinajstić information content (AvgIpc) is 2.49. The monoisotopic (exact) mass is 271 g/mol. The third kappa shape index (κ3) is 4.17. The van der Waals surface area contributed by atoms with E-state index in [1.165, 1.54) is 0 Å². The van der Waals surface area contributed by atoms with Gasteiger partial charge in [-0.1, -0.05) is 18.2 Å². The average molecular weight is 271 g/mol. The Morgan fingerprint density at radius 3 is 2.80 bits per heavy atom. The topological polar surface area (TPSA) is 48.4 Å². The van der Waals surface area contributed by atoms with Gasteiger partial charge in [0.05, 0.1) is 18.8 Å². The molecule has 2 rings (SSSR count). The molecule has 0 aliphatic carbocycles. The highest BCUT2D eigenvalue weighted by molar-refractivity contribution is 5.89. The first-order valence-electron chi connectivity index (χ1n) is 6.43. The van der Waals surface area contributed by atoms with Gasteiger partial charge in [-0.15, -0.1) is 0 Å². The Bertz CT molecular complexity index is 555. The van der Waals surface area contributed by atoms with Crippen LogP contribution in [-0.4, -0.2) is 24.7 Å². The molecule has 1 aromatic carbocycles. The number of benzene rings is 1. The number of rotatable bonds is 6. The number of hydrogen-bond acceptors (Lipinski definition) is 4. The van der Waals surface area contributed by atoms with Crippen LogP contribution >= 0.6 is 0 Å². The maximum absolute atomic E-state index is 11.9. The summed E-state index contributed by atoms with van der Waals surface area (Å²) in [6.45, 7) is 0.829. The van der Waals surface area contributed by atoms with E-state index in [1.54, 1.807) is 31.6 Å². The third-order valence-corrected chi connectivity index (χ3v) is 2.82. The van der Waals surface area contributed by atoms with Crippen molar-refractivity contribution in [1.82, 2.24) is 4.98 Å². The van der Waals surface area contributed by atoms with Crippen molar-refractivity contribution in [1.29, 1.82) is 0 Å². The summed E-state index contributed by atoms with van der Waals surface area (Å²) in [4.78, 5) is 15.9. The van der Waals surface area contributed by atoms with Gasteiger partial charge in [-0.25, -0.2) is 4.79 Å². The Kier molecular flexibility index (Phi) is 5.26. The molecular weight excluding hydrogens is 254 g/mol. The maximum atomic E-state index is 11.9. The smallest absolute Gasteiger partial charge is 0.338 e. The molecule has 0 radical (unpaired) electrons. The molecule has 1 heterocycles. The number of carbonyl (C=O) groups is 1. The normalized spacial score (nSPS) is 10.2. The Hall–Kier alpha value is -2.20. The summed E-state index contributed by atoms with van der Waals surface area (Å²) in [7, 11) is 1.62. The first-order chi connectivity index (χ1) is 9.79. The molecule has 0 N–H and O–H groups in total. The number of methoxy groups -OCH3 is 1. The first-order valence-corrected chi connectivity index (χ1v) is 6.43. The van der Waals surface area contributed by atoms with E-state index in [0.29, 0.717) is 25.2 Å². The second-order valence-corrected chi connectivity index (χ2v) is 4.38. The predicted molar refractivity (Wildman–Crippen MR) is 75.4 cm³/mol. The first kappa shape index (κ1) is 14.2.